The Morgan fingerprint density at radius 3 is 2.50 bits per heavy atom. The number of ether oxygens (including phenoxy) is 1. The lowest BCUT2D eigenvalue weighted by Crippen LogP contribution is -2.32. The Morgan fingerprint density at radius 2 is 1.78 bits per heavy atom. The van der Waals surface area contributed by atoms with Crippen LogP contribution in [-0.4, -0.2) is 27.3 Å². The van der Waals surface area contributed by atoms with Crippen LogP contribution in [0.1, 0.15) is 29.9 Å². The highest BCUT2D eigenvalue weighted by molar-refractivity contribution is 7.98. The number of nitrogens with one attached hydrogen (secondary N) is 1. The quantitative estimate of drug-likeness (QED) is 0.221. The van der Waals surface area contributed by atoms with Gasteiger partial charge in [-0.15, -0.1) is 10.2 Å². The topological polar surface area (TPSA) is 69.0 Å². The Labute approximate surface area is 228 Å². The maximum atomic E-state index is 12.6. The molecule has 1 atom stereocenters. The second-order valence-electron chi connectivity index (χ2n) is 8.08. The first-order chi connectivity index (χ1) is 17.3. The third-order valence-corrected chi connectivity index (χ3v) is 7.00. The molecule has 0 fully saturated rings. The Morgan fingerprint density at radius 1 is 1.03 bits per heavy atom. The zero-order chi connectivity index (χ0) is 25.7. The normalized spacial score (nSPS) is 11.8. The molecule has 0 radical (unpaired) electrons. The van der Waals surface area contributed by atoms with Gasteiger partial charge in [-0.2, -0.15) is 0 Å². The van der Waals surface area contributed by atoms with Crippen LogP contribution in [0.25, 0.3) is 5.69 Å². The van der Waals surface area contributed by atoms with Crippen LogP contribution in [0.2, 0.25) is 15.1 Å². The largest absolute Gasteiger partial charge is 0.484 e. The molecule has 0 bridgehead atoms. The lowest BCUT2D eigenvalue weighted by molar-refractivity contribution is -0.123. The van der Waals surface area contributed by atoms with E-state index in [4.69, 9.17) is 39.5 Å². The van der Waals surface area contributed by atoms with Crippen LogP contribution in [-0.2, 0) is 10.5 Å². The molecule has 186 valence electrons. The van der Waals surface area contributed by atoms with Crippen molar-refractivity contribution < 1.29 is 9.53 Å². The molecule has 10 heteroatoms. The predicted molar refractivity (Wildman–Crippen MR) is 146 cm³/mol. The SMILES string of the molecule is Cc1cccc(CSc2nnc(C(C)NC(=O)COc3ccc(Cl)cc3)n2-c2ccc(Cl)cc2Cl)c1. The molecule has 3 aromatic carbocycles. The van der Waals surface area contributed by atoms with E-state index in [1.807, 2.05) is 23.6 Å². The maximum absolute atomic E-state index is 12.6. The minimum Gasteiger partial charge on any atom is -0.484 e. The van der Waals surface area contributed by atoms with Crippen LogP contribution >= 0.6 is 46.6 Å². The summed E-state index contributed by atoms with van der Waals surface area (Å²) in [6, 6.07) is 19.9. The van der Waals surface area contributed by atoms with Crippen LogP contribution in [0.15, 0.2) is 71.9 Å². The van der Waals surface area contributed by atoms with Crippen molar-refractivity contribution >= 4 is 52.5 Å². The number of carbonyl (C=O) groups is 1. The van der Waals surface area contributed by atoms with Crippen molar-refractivity contribution in [1.29, 1.82) is 0 Å². The van der Waals surface area contributed by atoms with Gasteiger partial charge < -0.3 is 10.1 Å². The molecule has 4 rings (SSSR count). The van der Waals surface area contributed by atoms with Crippen LogP contribution in [0.4, 0.5) is 0 Å². The zero-order valence-corrected chi connectivity index (χ0v) is 22.6. The summed E-state index contributed by atoms with van der Waals surface area (Å²) in [5.41, 5.74) is 3.03. The lowest BCUT2D eigenvalue weighted by atomic mass is 10.2. The van der Waals surface area contributed by atoms with Gasteiger partial charge in [-0.05, 0) is 61.9 Å². The first kappa shape index (κ1) is 26.4. The fourth-order valence-electron chi connectivity index (χ4n) is 3.52. The minimum absolute atomic E-state index is 0.156. The third-order valence-electron chi connectivity index (χ3n) is 5.21. The summed E-state index contributed by atoms with van der Waals surface area (Å²) in [4.78, 5) is 12.6. The smallest absolute Gasteiger partial charge is 0.258 e. The number of nitrogens with zero attached hydrogens (tertiary/aromatic N) is 3. The first-order valence-electron chi connectivity index (χ1n) is 11.1. The highest BCUT2D eigenvalue weighted by Crippen LogP contribution is 2.32. The highest BCUT2D eigenvalue weighted by Gasteiger charge is 2.23. The van der Waals surface area contributed by atoms with Gasteiger partial charge in [-0.1, -0.05) is 76.4 Å². The molecule has 36 heavy (non-hydrogen) atoms. The molecular formula is C26H23Cl3N4O2S. The van der Waals surface area contributed by atoms with Crippen molar-refractivity contribution in [3.63, 3.8) is 0 Å². The Bertz CT molecular complexity index is 1360. The molecule has 4 aromatic rings. The summed E-state index contributed by atoms with van der Waals surface area (Å²) in [6.45, 7) is 3.74. The van der Waals surface area contributed by atoms with Gasteiger partial charge in [0.15, 0.2) is 17.6 Å². The highest BCUT2D eigenvalue weighted by atomic mass is 35.5. The van der Waals surface area contributed by atoms with Crippen molar-refractivity contribution in [2.75, 3.05) is 6.61 Å². The number of aryl methyl sites for hydroxylation is 1. The lowest BCUT2D eigenvalue weighted by Gasteiger charge is -2.17. The molecule has 1 aromatic heterocycles. The molecule has 1 unspecified atom stereocenters. The van der Waals surface area contributed by atoms with Gasteiger partial charge in [0.25, 0.3) is 5.91 Å². The van der Waals surface area contributed by atoms with E-state index in [0.717, 1.165) is 0 Å². The molecule has 1 amide bonds. The van der Waals surface area contributed by atoms with Crippen LogP contribution in [0.3, 0.4) is 0 Å². The van der Waals surface area contributed by atoms with E-state index in [1.165, 1.54) is 22.9 Å². The standard InChI is InChI=1S/C26H23Cl3N4O2S/c1-16-4-3-5-18(12-16)15-36-26-32-31-25(33(26)23-11-8-20(28)13-22(23)29)17(2)30-24(34)14-35-21-9-6-19(27)7-10-21/h3-13,17H,14-15H2,1-2H3,(H,30,34). The molecule has 0 aliphatic carbocycles. The van der Waals surface area contributed by atoms with Gasteiger partial charge in [0, 0.05) is 15.8 Å². The summed E-state index contributed by atoms with van der Waals surface area (Å²) >= 11 is 20.1. The van der Waals surface area contributed by atoms with Gasteiger partial charge in [0.1, 0.15) is 5.75 Å². The molecule has 0 saturated carbocycles. The molecule has 6 nitrogen and oxygen atoms in total. The fraction of sp³-hybridized carbons (Fsp3) is 0.192. The monoisotopic (exact) mass is 560 g/mol. The number of benzene rings is 3. The number of carbonyl (C=O) groups excluding carboxylic acids is 1. The minimum atomic E-state index is -0.473. The first-order valence-corrected chi connectivity index (χ1v) is 13.2. The van der Waals surface area contributed by atoms with Gasteiger partial charge in [-0.25, -0.2) is 0 Å². The molecule has 1 N–H and O–H groups in total. The van der Waals surface area contributed by atoms with Gasteiger partial charge >= 0.3 is 0 Å². The predicted octanol–water partition coefficient (Wildman–Crippen LogP) is 7.08. The number of hydrogen-bond acceptors (Lipinski definition) is 5. The molecule has 0 saturated heterocycles. The second kappa shape index (κ2) is 12.0. The average molecular weight is 562 g/mol. The number of amides is 1. The number of hydrogen-bond donors (Lipinski definition) is 1. The van der Waals surface area contributed by atoms with E-state index in [-0.39, 0.29) is 12.5 Å². The number of halogens is 3. The molecule has 0 aliphatic rings. The van der Waals surface area contributed by atoms with E-state index in [0.29, 0.717) is 43.2 Å². The molecule has 1 heterocycles. The van der Waals surface area contributed by atoms with E-state index in [1.54, 1.807) is 36.4 Å². The van der Waals surface area contributed by atoms with Crippen molar-refractivity contribution in [2.24, 2.45) is 0 Å². The second-order valence-corrected chi connectivity index (χ2v) is 10.3. The Hall–Kier alpha value is -2.71. The van der Waals surface area contributed by atoms with Crippen LogP contribution in [0.5, 0.6) is 5.75 Å². The molecular weight excluding hydrogens is 539 g/mol. The van der Waals surface area contributed by atoms with Crippen molar-refractivity contribution in [2.45, 2.75) is 30.8 Å². The summed E-state index contributed by atoms with van der Waals surface area (Å²) < 4.78 is 7.41. The van der Waals surface area contributed by atoms with Crippen molar-refractivity contribution in [3.8, 4) is 11.4 Å². The Kier molecular flexibility index (Phi) is 8.80. The zero-order valence-electron chi connectivity index (χ0n) is 19.5. The Balaban J connectivity index is 1.54. The van der Waals surface area contributed by atoms with Gasteiger partial charge in [0.05, 0.1) is 16.8 Å². The molecule has 0 aliphatic heterocycles. The summed E-state index contributed by atoms with van der Waals surface area (Å²) in [6.07, 6.45) is 0. The van der Waals surface area contributed by atoms with E-state index in [9.17, 15) is 4.79 Å². The number of rotatable bonds is 9. The van der Waals surface area contributed by atoms with Crippen molar-refractivity contribution in [1.82, 2.24) is 20.1 Å². The average Bonchev–Trinajstić information content (AvgIpc) is 3.26. The summed E-state index contributed by atoms with van der Waals surface area (Å²) in [5, 5.41) is 13.9. The van der Waals surface area contributed by atoms with Gasteiger partial charge in [0.2, 0.25) is 0 Å². The summed E-state index contributed by atoms with van der Waals surface area (Å²) in [5.74, 6) is 1.47. The number of aromatic nitrogens is 3. The van der Waals surface area contributed by atoms with Crippen molar-refractivity contribution in [3.05, 3.63) is 98.7 Å². The number of thioether (sulfide) groups is 1. The van der Waals surface area contributed by atoms with E-state index in [2.05, 4.69) is 40.6 Å². The molecule has 0 spiro atoms. The van der Waals surface area contributed by atoms with Crippen LogP contribution in [0, 0.1) is 6.92 Å². The van der Waals surface area contributed by atoms with E-state index < -0.39 is 6.04 Å². The van der Waals surface area contributed by atoms with E-state index >= 15 is 0 Å². The summed E-state index contributed by atoms with van der Waals surface area (Å²) in [7, 11) is 0. The fourth-order valence-corrected chi connectivity index (χ4v) is 5.04. The van der Waals surface area contributed by atoms with Crippen LogP contribution < -0.4 is 10.1 Å². The third kappa shape index (κ3) is 6.73. The van der Waals surface area contributed by atoms with Gasteiger partial charge in [-0.3, -0.25) is 9.36 Å². The maximum Gasteiger partial charge on any atom is 0.258 e.